The van der Waals surface area contributed by atoms with E-state index in [4.69, 9.17) is 18.9 Å². The van der Waals surface area contributed by atoms with Crippen molar-refractivity contribution in [2.75, 3.05) is 13.7 Å². The molecule has 204 valence electrons. The lowest BCUT2D eigenvalue weighted by molar-refractivity contribution is -0.144. The number of carbonyl (C=O) groups is 2. The molecule has 7 heteroatoms. The summed E-state index contributed by atoms with van der Waals surface area (Å²) in [6.07, 6.45) is 9.43. The first-order valence-corrected chi connectivity index (χ1v) is 13.8. The van der Waals surface area contributed by atoms with Crippen LogP contribution in [0.15, 0.2) is 70.4 Å². The van der Waals surface area contributed by atoms with Crippen LogP contribution in [0.5, 0.6) is 5.75 Å². The fourth-order valence-electron chi connectivity index (χ4n) is 3.51. The van der Waals surface area contributed by atoms with Gasteiger partial charge in [0.2, 0.25) is 0 Å². The first kappa shape index (κ1) is 32.6. The number of ether oxygens (including phenoxy) is 4. The lowest BCUT2D eigenvalue weighted by Crippen LogP contribution is -2.24. The summed E-state index contributed by atoms with van der Waals surface area (Å²) >= 11 is 2.17. The van der Waals surface area contributed by atoms with E-state index in [1.54, 1.807) is 21.0 Å². The lowest BCUT2D eigenvalue weighted by atomic mass is 9.96. The first-order chi connectivity index (χ1) is 17.7. The number of methoxy groups -OCH3 is 1. The Morgan fingerprint density at radius 1 is 1.16 bits per heavy atom. The zero-order chi connectivity index (χ0) is 27.6. The van der Waals surface area contributed by atoms with Crippen LogP contribution in [0, 0.1) is 5.92 Å². The number of halogens is 1. The fraction of sp³-hybridized carbons (Fsp3) is 0.467. The molecule has 0 radical (unpaired) electrons. The molecule has 1 aromatic rings. The highest BCUT2D eigenvalue weighted by molar-refractivity contribution is 14.1. The van der Waals surface area contributed by atoms with Crippen molar-refractivity contribution in [1.29, 1.82) is 0 Å². The average molecular weight is 625 g/mol. The van der Waals surface area contributed by atoms with Crippen LogP contribution in [0.2, 0.25) is 0 Å². The van der Waals surface area contributed by atoms with Gasteiger partial charge >= 0.3 is 11.9 Å². The summed E-state index contributed by atoms with van der Waals surface area (Å²) in [5, 5.41) is 0. The molecule has 3 atom stereocenters. The maximum atomic E-state index is 12.5. The standard InChI is InChI=1S/C30H41IO6/c1-7-26(36-21-25-14-16-27(34-6)17-15-25)12-10-9-11-13-29(32)37-28(18-22(3)20-31)23(4)19-24(5)30(33)35-8-2/h7,11,13-17,19-20,23,26,28H,1,8-10,12,18,21H2,2-6H3/b13-11+,22-20+,24-19+/t23-,26-,28-/m1/s1. The minimum atomic E-state index is -0.392. The molecule has 0 aliphatic carbocycles. The maximum Gasteiger partial charge on any atom is 0.333 e. The van der Waals surface area contributed by atoms with Gasteiger partial charge in [-0.15, -0.1) is 6.58 Å². The van der Waals surface area contributed by atoms with Crippen molar-refractivity contribution in [3.05, 3.63) is 75.9 Å². The molecule has 0 aliphatic heterocycles. The molecule has 0 spiro atoms. The minimum Gasteiger partial charge on any atom is -0.497 e. The van der Waals surface area contributed by atoms with Crippen molar-refractivity contribution in [1.82, 2.24) is 0 Å². The lowest BCUT2D eigenvalue weighted by Gasteiger charge is -2.22. The summed E-state index contributed by atoms with van der Waals surface area (Å²) < 4.78 is 23.9. The van der Waals surface area contributed by atoms with Gasteiger partial charge < -0.3 is 18.9 Å². The van der Waals surface area contributed by atoms with Crippen LogP contribution in [0.4, 0.5) is 0 Å². The van der Waals surface area contributed by atoms with Crippen LogP contribution in [-0.4, -0.2) is 37.9 Å². The van der Waals surface area contributed by atoms with Crippen molar-refractivity contribution in [2.24, 2.45) is 5.92 Å². The van der Waals surface area contributed by atoms with Crippen molar-refractivity contribution < 1.29 is 28.5 Å². The molecule has 0 heterocycles. The molecule has 0 saturated heterocycles. The zero-order valence-electron chi connectivity index (χ0n) is 22.7. The third-order valence-corrected chi connectivity index (χ3v) is 6.74. The van der Waals surface area contributed by atoms with Crippen LogP contribution in [0.25, 0.3) is 0 Å². The Morgan fingerprint density at radius 3 is 2.46 bits per heavy atom. The van der Waals surface area contributed by atoms with E-state index >= 15 is 0 Å². The van der Waals surface area contributed by atoms with Gasteiger partial charge in [-0.1, -0.05) is 65.4 Å². The number of rotatable bonds is 17. The molecule has 0 unspecified atom stereocenters. The second kappa shape index (κ2) is 18.8. The van der Waals surface area contributed by atoms with Gasteiger partial charge in [-0.25, -0.2) is 9.59 Å². The third-order valence-electron chi connectivity index (χ3n) is 5.67. The van der Waals surface area contributed by atoms with E-state index in [2.05, 4.69) is 29.2 Å². The van der Waals surface area contributed by atoms with Gasteiger partial charge in [0.15, 0.2) is 0 Å². The highest BCUT2D eigenvalue weighted by Gasteiger charge is 2.21. The SMILES string of the molecule is C=C[C@H](CCC/C=C/C(=O)O[C@H](C/C(C)=C/I)[C@H](C)/C=C(\C)C(=O)OCC)OCc1ccc(OC)cc1. The van der Waals surface area contributed by atoms with Crippen molar-refractivity contribution in [2.45, 2.75) is 72.2 Å². The van der Waals surface area contributed by atoms with Gasteiger partial charge in [-0.2, -0.15) is 0 Å². The fourth-order valence-corrected chi connectivity index (χ4v) is 3.76. The van der Waals surface area contributed by atoms with Crippen molar-refractivity contribution in [3.63, 3.8) is 0 Å². The smallest absolute Gasteiger partial charge is 0.333 e. The largest absolute Gasteiger partial charge is 0.497 e. The predicted octanol–water partition coefficient (Wildman–Crippen LogP) is 7.28. The number of esters is 2. The van der Waals surface area contributed by atoms with E-state index in [1.165, 1.54) is 6.08 Å². The molecule has 1 rings (SSSR count). The second-order valence-corrected chi connectivity index (χ2v) is 9.45. The Kier molecular flexibility index (Phi) is 16.6. The van der Waals surface area contributed by atoms with E-state index in [0.29, 0.717) is 25.2 Å². The molecule has 0 saturated carbocycles. The van der Waals surface area contributed by atoms with Crippen molar-refractivity contribution >= 4 is 34.5 Å². The average Bonchev–Trinajstić information content (AvgIpc) is 2.89. The molecule has 0 aromatic heterocycles. The van der Waals surface area contributed by atoms with Gasteiger partial charge in [-0.05, 0) is 61.8 Å². The Bertz CT molecular complexity index is 932. The molecule has 0 N–H and O–H groups in total. The first-order valence-electron chi connectivity index (χ1n) is 12.6. The highest BCUT2D eigenvalue weighted by Crippen LogP contribution is 2.21. The number of hydrogen-bond donors (Lipinski definition) is 0. The van der Waals surface area contributed by atoms with Gasteiger partial charge in [0.05, 0.1) is 26.4 Å². The van der Waals surface area contributed by atoms with Crippen molar-refractivity contribution in [3.8, 4) is 5.75 Å². The molecular weight excluding hydrogens is 583 g/mol. The third kappa shape index (κ3) is 13.6. The normalized spacial score (nSPS) is 14.6. The van der Waals surface area contributed by atoms with Crippen LogP contribution < -0.4 is 4.74 Å². The second-order valence-electron chi connectivity index (χ2n) is 8.83. The summed E-state index contributed by atoms with van der Waals surface area (Å²) in [7, 11) is 1.64. The summed E-state index contributed by atoms with van der Waals surface area (Å²) in [6, 6.07) is 7.78. The Morgan fingerprint density at radius 2 is 1.86 bits per heavy atom. The molecular formula is C30H41IO6. The number of unbranched alkanes of at least 4 members (excludes halogenated alkanes) is 1. The summed E-state index contributed by atoms with van der Waals surface area (Å²) in [5.41, 5.74) is 2.67. The predicted molar refractivity (Wildman–Crippen MR) is 157 cm³/mol. The molecule has 0 aliphatic rings. The van der Waals surface area contributed by atoms with E-state index < -0.39 is 5.97 Å². The molecule has 6 nitrogen and oxygen atoms in total. The monoisotopic (exact) mass is 624 g/mol. The van der Waals surface area contributed by atoms with E-state index in [0.717, 1.165) is 36.1 Å². The number of carbonyl (C=O) groups excluding carboxylic acids is 2. The minimum absolute atomic E-state index is 0.0647. The maximum absolute atomic E-state index is 12.5. The Balaban J connectivity index is 2.56. The van der Waals surface area contributed by atoms with Gasteiger partial charge in [0, 0.05) is 24.0 Å². The molecule has 0 fully saturated rings. The number of hydrogen-bond acceptors (Lipinski definition) is 6. The number of benzene rings is 1. The molecule has 37 heavy (non-hydrogen) atoms. The van der Waals surface area contributed by atoms with Gasteiger partial charge in [0.25, 0.3) is 0 Å². The molecule has 0 bridgehead atoms. The summed E-state index contributed by atoms with van der Waals surface area (Å²) in [6.45, 7) is 12.1. The van der Waals surface area contributed by atoms with Gasteiger partial charge in [-0.3, -0.25) is 0 Å². The van der Waals surface area contributed by atoms with Crippen LogP contribution in [-0.2, 0) is 30.4 Å². The van der Waals surface area contributed by atoms with Crippen LogP contribution >= 0.6 is 22.6 Å². The molecule has 0 amide bonds. The topological polar surface area (TPSA) is 71.1 Å². The molecule has 1 aromatic carbocycles. The number of allylic oxidation sites excluding steroid dienone is 1. The van der Waals surface area contributed by atoms with Crippen LogP contribution in [0.1, 0.15) is 58.9 Å². The Labute approximate surface area is 235 Å². The van der Waals surface area contributed by atoms with Gasteiger partial charge in [0.1, 0.15) is 11.9 Å². The Hall–Kier alpha value is -2.39. The zero-order valence-corrected chi connectivity index (χ0v) is 24.9. The summed E-state index contributed by atoms with van der Waals surface area (Å²) in [4.78, 5) is 24.5. The van der Waals surface area contributed by atoms with E-state index in [1.807, 2.05) is 60.4 Å². The van der Waals surface area contributed by atoms with E-state index in [-0.39, 0.29) is 24.1 Å². The van der Waals surface area contributed by atoms with E-state index in [9.17, 15) is 9.59 Å². The van der Waals surface area contributed by atoms with Crippen LogP contribution in [0.3, 0.4) is 0 Å². The summed E-state index contributed by atoms with van der Waals surface area (Å²) in [5.74, 6) is -0.0816. The highest BCUT2D eigenvalue weighted by atomic mass is 127. The quantitative estimate of drug-likeness (QED) is 0.0597.